The van der Waals surface area contributed by atoms with Gasteiger partial charge in [-0.3, -0.25) is 9.78 Å². The summed E-state index contributed by atoms with van der Waals surface area (Å²) in [5.41, 5.74) is 7.46. The van der Waals surface area contributed by atoms with Crippen LogP contribution in [0, 0.1) is 6.92 Å². The van der Waals surface area contributed by atoms with Crippen molar-refractivity contribution in [3.05, 3.63) is 23.5 Å². The normalized spacial score (nSPS) is 10.2. The van der Waals surface area contributed by atoms with E-state index in [0.29, 0.717) is 24.4 Å². The van der Waals surface area contributed by atoms with E-state index in [0.717, 1.165) is 5.69 Å². The molecule has 1 aromatic rings. The Morgan fingerprint density at radius 1 is 1.62 bits per heavy atom. The molecule has 1 aromatic heterocycles. The third-order valence-electron chi connectivity index (χ3n) is 2.28. The van der Waals surface area contributed by atoms with Gasteiger partial charge in [-0.1, -0.05) is 0 Å². The molecule has 1 rings (SSSR count). The molecule has 0 bridgehead atoms. The maximum atomic E-state index is 11.9. The van der Waals surface area contributed by atoms with Gasteiger partial charge in [0, 0.05) is 38.3 Å². The van der Waals surface area contributed by atoms with Crippen molar-refractivity contribution < 1.29 is 9.53 Å². The minimum absolute atomic E-state index is 0.137. The van der Waals surface area contributed by atoms with E-state index >= 15 is 0 Å². The molecule has 5 heteroatoms. The summed E-state index contributed by atoms with van der Waals surface area (Å²) < 4.78 is 4.91. The Morgan fingerprint density at radius 2 is 2.31 bits per heavy atom. The predicted molar refractivity (Wildman–Crippen MR) is 62.2 cm³/mol. The van der Waals surface area contributed by atoms with Crippen LogP contribution in [0.3, 0.4) is 0 Å². The van der Waals surface area contributed by atoms with Crippen molar-refractivity contribution in [1.29, 1.82) is 0 Å². The van der Waals surface area contributed by atoms with Crippen molar-refractivity contribution >= 4 is 11.6 Å². The number of nitrogen functional groups attached to an aromatic ring is 1. The van der Waals surface area contributed by atoms with Crippen LogP contribution in [-0.4, -0.2) is 43.1 Å². The molecule has 1 amide bonds. The van der Waals surface area contributed by atoms with Crippen LogP contribution in [0.25, 0.3) is 0 Å². The zero-order chi connectivity index (χ0) is 12.1. The maximum Gasteiger partial charge on any atom is 0.257 e. The van der Waals surface area contributed by atoms with E-state index in [1.54, 1.807) is 25.1 Å². The highest BCUT2D eigenvalue weighted by Gasteiger charge is 2.14. The third-order valence-corrected chi connectivity index (χ3v) is 2.28. The van der Waals surface area contributed by atoms with E-state index in [-0.39, 0.29) is 5.91 Å². The molecule has 0 atom stereocenters. The smallest absolute Gasteiger partial charge is 0.257 e. The van der Waals surface area contributed by atoms with Crippen molar-refractivity contribution in [2.75, 3.05) is 33.0 Å². The fraction of sp³-hybridized carbons (Fsp3) is 0.455. The van der Waals surface area contributed by atoms with E-state index in [2.05, 4.69) is 4.98 Å². The van der Waals surface area contributed by atoms with Crippen molar-refractivity contribution in [2.45, 2.75) is 6.92 Å². The van der Waals surface area contributed by atoms with Crippen molar-refractivity contribution in [3.8, 4) is 0 Å². The Hall–Kier alpha value is -1.62. The number of nitrogens with two attached hydrogens (primary N) is 1. The molecule has 0 spiro atoms. The highest BCUT2D eigenvalue weighted by Crippen LogP contribution is 2.13. The molecule has 1 heterocycles. The molecule has 0 saturated carbocycles. The number of anilines is 1. The van der Waals surface area contributed by atoms with Gasteiger partial charge in [-0.25, -0.2) is 0 Å². The average molecular weight is 223 g/mol. The topological polar surface area (TPSA) is 68.5 Å². The van der Waals surface area contributed by atoms with Gasteiger partial charge in [0.2, 0.25) is 0 Å². The van der Waals surface area contributed by atoms with Gasteiger partial charge in [0.15, 0.2) is 0 Å². The molecule has 0 unspecified atom stereocenters. The summed E-state index contributed by atoms with van der Waals surface area (Å²) in [6.07, 6.45) is 1.51. The van der Waals surface area contributed by atoms with E-state index < -0.39 is 0 Å². The Balaban J connectivity index is 2.79. The highest BCUT2D eigenvalue weighted by molar-refractivity contribution is 5.98. The van der Waals surface area contributed by atoms with Gasteiger partial charge in [-0.2, -0.15) is 0 Å². The molecular formula is C11H17N3O2. The quantitative estimate of drug-likeness (QED) is 0.815. The zero-order valence-electron chi connectivity index (χ0n) is 9.86. The second kappa shape index (κ2) is 5.46. The second-order valence-electron chi connectivity index (χ2n) is 3.63. The number of nitrogens with zero attached hydrogens (tertiary/aromatic N) is 2. The molecule has 2 N–H and O–H groups in total. The van der Waals surface area contributed by atoms with Gasteiger partial charge >= 0.3 is 0 Å². The van der Waals surface area contributed by atoms with Crippen LogP contribution in [0.2, 0.25) is 0 Å². The molecule has 16 heavy (non-hydrogen) atoms. The van der Waals surface area contributed by atoms with Gasteiger partial charge in [0.25, 0.3) is 5.91 Å². The van der Waals surface area contributed by atoms with Gasteiger partial charge in [-0.05, 0) is 13.0 Å². The molecule has 5 nitrogen and oxygen atoms in total. The number of amides is 1. The van der Waals surface area contributed by atoms with Crippen molar-refractivity contribution in [2.24, 2.45) is 0 Å². The second-order valence-corrected chi connectivity index (χ2v) is 3.63. The van der Waals surface area contributed by atoms with Crippen LogP contribution >= 0.6 is 0 Å². The SMILES string of the molecule is COCCN(C)C(=O)c1cnc(C)cc1N. The summed E-state index contributed by atoms with van der Waals surface area (Å²) in [7, 11) is 3.31. The van der Waals surface area contributed by atoms with E-state index in [1.807, 2.05) is 6.92 Å². The zero-order valence-corrected chi connectivity index (χ0v) is 9.86. The number of carbonyl (C=O) groups is 1. The molecule has 0 aromatic carbocycles. The Bertz CT molecular complexity index is 379. The number of carbonyl (C=O) groups excluding carboxylic acids is 1. The van der Waals surface area contributed by atoms with Gasteiger partial charge in [0.05, 0.1) is 12.2 Å². The van der Waals surface area contributed by atoms with Crippen LogP contribution in [0.15, 0.2) is 12.3 Å². The lowest BCUT2D eigenvalue weighted by molar-refractivity contribution is 0.0745. The summed E-state index contributed by atoms with van der Waals surface area (Å²) in [4.78, 5) is 17.6. The average Bonchev–Trinajstić information content (AvgIpc) is 2.25. The molecule has 0 aliphatic carbocycles. The lowest BCUT2D eigenvalue weighted by Crippen LogP contribution is -2.30. The van der Waals surface area contributed by atoms with Crippen LogP contribution in [0.1, 0.15) is 16.1 Å². The number of likely N-dealkylation sites (N-methyl/N-ethyl adjacent to an activating group) is 1. The van der Waals surface area contributed by atoms with E-state index in [1.165, 1.54) is 6.20 Å². The standard InChI is InChI=1S/C11H17N3O2/c1-8-6-10(12)9(7-13-8)11(15)14(2)4-5-16-3/h6-7H,4-5H2,1-3H3,(H2,12,13). The first kappa shape index (κ1) is 12.4. The number of aryl methyl sites for hydroxylation is 1. The first-order valence-corrected chi connectivity index (χ1v) is 5.02. The maximum absolute atomic E-state index is 11.9. The summed E-state index contributed by atoms with van der Waals surface area (Å²) in [5, 5.41) is 0. The van der Waals surface area contributed by atoms with E-state index in [9.17, 15) is 4.79 Å². The van der Waals surface area contributed by atoms with Crippen LogP contribution in [-0.2, 0) is 4.74 Å². The number of hydrogen-bond donors (Lipinski definition) is 1. The van der Waals surface area contributed by atoms with Crippen molar-refractivity contribution in [3.63, 3.8) is 0 Å². The largest absolute Gasteiger partial charge is 0.398 e. The first-order valence-electron chi connectivity index (χ1n) is 5.02. The molecule has 0 aliphatic rings. The molecule has 0 radical (unpaired) electrons. The van der Waals surface area contributed by atoms with Gasteiger partial charge in [0.1, 0.15) is 0 Å². The summed E-state index contributed by atoms with van der Waals surface area (Å²) in [6, 6.07) is 1.69. The third kappa shape index (κ3) is 2.93. The monoisotopic (exact) mass is 223 g/mol. The summed E-state index contributed by atoms with van der Waals surface area (Å²) in [6.45, 7) is 2.86. The van der Waals surface area contributed by atoms with Crippen LogP contribution in [0.5, 0.6) is 0 Å². The molecule has 0 aliphatic heterocycles. The number of ether oxygens (including phenoxy) is 1. The first-order chi connectivity index (χ1) is 7.56. The Labute approximate surface area is 95.2 Å². The minimum atomic E-state index is -0.137. The number of rotatable bonds is 4. The number of methoxy groups -OCH3 is 1. The predicted octanol–water partition coefficient (Wildman–Crippen LogP) is 0.691. The Kier molecular flexibility index (Phi) is 4.25. The fourth-order valence-corrected chi connectivity index (χ4v) is 1.30. The molecule has 88 valence electrons. The minimum Gasteiger partial charge on any atom is -0.398 e. The Morgan fingerprint density at radius 3 is 2.88 bits per heavy atom. The lowest BCUT2D eigenvalue weighted by Gasteiger charge is -2.17. The van der Waals surface area contributed by atoms with Gasteiger partial charge in [-0.15, -0.1) is 0 Å². The van der Waals surface area contributed by atoms with Crippen LogP contribution in [0.4, 0.5) is 5.69 Å². The molecule has 0 saturated heterocycles. The van der Waals surface area contributed by atoms with Gasteiger partial charge < -0.3 is 15.4 Å². The lowest BCUT2D eigenvalue weighted by atomic mass is 10.2. The highest BCUT2D eigenvalue weighted by atomic mass is 16.5. The summed E-state index contributed by atoms with van der Waals surface area (Å²) >= 11 is 0. The number of aromatic nitrogens is 1. The molecular weight excluding hydrogens is 206 g/mol. The van der Waals surface area contributed by atoms with Crippen molar-refractivity contribution in [1.82, 2.24) is 9.88 Å². The number of hydrogen-bond acceptors (Lipinski definition) is 4. The fourth-order valence-electron chi connectivity index (χ4n) is 1.30. The molecule has 0 fully saturated rings. The summed E-state index contributed by atoms with van der Waals surface area (Å²) in [5.74, 6) is -0.137. The van der Waals surface area contributed by atoms with Crippen LogP contribution < -0.4 is 5.73 Å². The number of pyridine rings is 1. The van der Waals surface area contributed by atoms with E-state index in [4.69, 9.17) is 10.5 Å².